The smallest absolute Gasteiger partial charge is 0.207 e. The van der Waals surface area contributed by atoms with Crippen LogP contribution in [0.4, 0.5) is 5.95 Å². The van der Waals surface area contributed by atoms with Gasteiger partial charge < -0.3 is 14.2 Å². The third-order valence-corrected chi connectivity index (χ3v) is 7.33. The fraction of sp³-hybridized carbons (Fsp3) is 0.375. The molecule has 0 aliphatic carbocycles. The molecule has 2 aliphatic rings. The van der Waals surface area contributed by atoms with Gasteiger partial charge in [0.15, 0.2) is 5.75 Å². The highest BCUT2D eigenvalue weighted by atomic mass is 32.2. The number of aromatic nitrogens is 4. The number of pyridine rings is 1. The molecular weight excluding hydrogens is 468 g/mol. The van der Waals surface area contributed by atoms with E-state index in [2.05, 4.69) is 24.3 Å². The maximum absolute atomic E-state index is 11.0. The monoisotopic (exact) mass is 494 g/mol. The topological polar surface area (TPSA) is 115 Å². The third kappa shape index (κ3) is 3.75. The Morgan fingerprint density at radius 1 is 1.20 bits per heavy atom. The first-order valence-electron chi connectivity index (χ1n) is 11.7. The molecule has 4 aromatic rings. The highest BCUT2D eigenvalue weighted by Gasteiger charge is 2.35. The molecule has 0 bridgehead atoms. The zero-order valence-electron chi connectivity index (χ0n) is 19.5. The fourth-order valence-corrected chi connectivity index (χ4v) is 5.69. The van der Waals surface area contributed by atoms with Crippen LogP contribution >= 0.6 is 0 Å². The number of rotatable bonds is 6. The minimum absolute atomic E-state index is 0.142. The Morgan fingerprint density at radius 3 is 2.83 bits per heavy atom. The zero-order valence-corrected chi connectivity index (χ0v) is 20.4. The minimum Gasteiger partial charge on any atom is -0.488 e. The van der Waals surface area contributed by atoms with Gasteiger partial charge >= 0.3 is 0 Å². The van der Waals surface area contributed by atoms with Crippen molar-refractivity contribution < 1.29 is 17.7 Å². The summed E-state index contributed by atoms with van der Waals surface area (Å²) in [5.74, 6) is 2.58. The summed E-state index contributed by atoms with van der Waals surface area (Å²) in [5, 5.41) is 4.14. The normalized spacial score (nSPS) is 19.6. The molecule has 2 aliphatic heterocycles. The molecule has 0 radical (unpaired) electrons. The largest absolute Gasteiger partial charge is 0.488 e. The van der Waals surface area contributed by atoms with Crippen LogP contribution in [0.2, 0.25) is 0 Å². The van der Waals surface area contributed by atoms with E-state index in [1.165, 1.54) is 0 Å². The van der Waals surface area contributed by atoms with E-state index in [1.807, 2.05) is 44.2 Å². The summed E-state index contributed by atoms with van der Waals surface area (Å²) in [7, 11) is -2.60. The molecule has 0 unspecified atom stereocenters. The van der Waals surface area contributed by atoms with Crippen molar-refractivity contribution in [1.82, 2.24) is 24.4 Å². The van der Waals surface area contributed by atoms with Gasteiger partial charge in [-0.3, -0.25) is 9.55 Å². The van der Waals surface area contributed by atoms with Gasteiger partial charge in [-0.1, -0.05) is 11.2 Å². The van der Waals surface area contributed by atoms with Crippen LogP contribution in [0.15, 0.2) is 41.1 Å². The van der Waals surface area contributed by atoms with Gasteiger partial charge in [0.1, 0.15) is 23.9 Å². The average Bonchev–Trinajstić information content (AvgIpc) is 3.57. The zero-order chi connectivity index (χ0) is 24.1. The van der Waals surface area contributed by atoms with Crippen molar-refractivity contribution in [3.8, 4) is 16.9 Å². The lowest BCUT2D eigenvalue weighted by molar-refractivity contribution is 0.258. The van der Waals surface area contributed by atoms with Crippen LogP contribution in [0.3, 0.4) is 0 Å². The van der Waals surface area contributed by atoms with Crippen LogP contribution in [-0.4, -0.2) is 54.4 Å². The fourth-order valence-electron chi connectivity index (χ4n) is 5.29. The van der Waals surface area contributed by atoms with Crippen LogP contribution in [-0.2, 0) is 10.9 Å². The second kappa shape index (κ2) is 8.65. The first-order valence-corrected chi connectivity index (χ1v) is 12.8. The van der Waals surface area contributed by atoms with Gasteiger partial charge in [0, 0.05) is 31.4 Å². The molecule has 2 atom stereocenters. The molecule has 3 aromatic heterocycles. The summed E-state index contributed by atoms with van der Waals surface area (Å²) in [6, 6.07) is 9.79. The molecule has 1 N–H and O–H groups in total. The molecule has 0 amide bonds. The second-order valence-corrected chi connectivity index (χ2v) is 9.92. The maximum Gasteiger partial charge on any atom is 0.207 e. The maximum atomic E-state index is 11.0. The standard InChI is InChI=1S/C24H26N6O4S/c1-14-21(15(2)34-28-14)17-6-7-19-22-23(17)33-13-20(18-5-3-4-9-25-18)30(22)24(27-19)29-10-8-16(12-29)11-26-35(31)32/h3-7,9,16,20,35H,8,10-13H2,1-2H3,(H,26,31,32)/t16-,20+/m0/s1. The van der Waals surface area contributed by atoms with Crippen LogP contribution in [0.25, 0.3) is 22.2 Å². The number of anilines is 1. The first kappa shape index (κ1) is 22.1. The van der Waals surface area contributed by atoms with Crippen LogP contribution in [0, 0.1) is 19.8 Å². The Labute approximate surface area is 204 Å². The Hall–Kier alpha value is -3.44. The predicted octanol–water partition coefficient (Wildman–Crippen LogP) is 2.63. The number of hydrogen-bond acceptors (Lipinski definition) is 8. The molecule has 1 aromatic carbocycles. The molecule has 1 fully saturated rings. The number of thiol groups is 1. The summed E-state index contributed by atoms with van der Waals surface area (Å²) < 4.78 is 38.7. The lowest BCUT2D eigenvalue weighted by atomic mass is 10.0. The summed E-state index contributed by atoms with van der Waals surface area (Å²) in [6.45, 7) is 6.21. The van der Waals surface area contributed by atoms with Crippen molar-refractivity contribution in [3.63, 3.8) is 0 Å². The Balaban J connectivity index is 1.50. The van der Waals surface area contributed by atoms with Gasteiger partial charge in [-0.25, -0.2) is 18.1 Å². The van der Waals surface area contributed by atoms with Gasteiger partial charge in [0.05, 0.1) is 22.5 Å². The average molecular weight is 495 g/mol. The number of nitrogens with one attached hydrogen (secondary N) is 1. The lowest BCUT2D eigenvalue weighted by Crippen LogP contribution is -2.31. The second-order valence-electron chi connectivity index (χ2n) is 9.09. The van der Waals surface area contributed by atoms with Crippen molar-refractivity contribution in [1.29, 1.82) is 0 Å². The number of nitrogens with zero attached hydrogens (tertiary/aromatic N) is 5. The summed E-state index contributed by atoms with van der Waals surface area (Å²) in [6.07, 6.45) is 2.68. The molecule has 6 rings (SSSR count). The van der Waals surface area contributed by atoms with E-state index in [0.717, 1.165) is 70.5 Å². The van der Waals surface area contributed by atoms with Crippen LogP contribution in [0.5, 0.6) is 5.75 Å². The van der Waals surface area contributed by atoms with E-state index in [1.54, 1.807) is 6.20 Å². The van der Waals surface area contributed by atoms with E-state index in [4.69, 9.17) is 14.2 Å². The SMILES string of the molecule is Cc1noc(C)c1-c1ccc2nc(N3CC[C@@H](CN[SH](=O)=O)C3)n3c2c1OC[C@@H]3c1ccccn1. The van der Waals surface area contributed by atoms with Crippen molar-refractivity contribution in [2.45, 2.75) is 26.3 Å². The Kier molecular flexibility index (Phi) is 5.45. The van der Waals surface area contributed by atoms with Crippen LogP contribution < -0.4 is 14.4 Å². The van der Waals surface area contributed by atoms with Gasteiger partial charge in [0.25, 0.3) is 0 Å². The molecular formula is C24H26N6O4S. The van der Waals surface area contributed by atoms with Crippen LogP contribution in [0.1, 0.15) is 29.6 Å². The van der Waals surface area contributed by atoms with Crippen molar-refractivity contribution in [2.24, 2.45) is 5.92 Å². The van der Waals surface area contributed by atoms with Crippen molar-refractivity contribution in [2.75, 3.05) is 31.1 Å². The highest BCUT2D eigenvalue weighted by molar-refractivity contribution is 7.70. The van der Waals surface area contributed by atoms with Gasteiger partial charge in [-0.05, 0) is 50.5 Å². The molecule has 11 heteroatoms. The van der Waals surface area contributed by atoms with Crippen molar-refractivity contribution in [3.05, 3.63) is 53.7 Å². The molecule has 1 saturated heterocycles. The summed E-state index contributed by atoms with van der Waals surface area (Å²) >= 11 is 0. The van der Waals surface area contributed by atoms with E-state index < -0.39 is 10.9 Å². The quantitative estimate of drug-likeness (QED) is 0.393. The van der Waals surface area contributed by atoms with Gasteiger partial charge in [0.2, 0.25) is 16.8 Å². The highest BCUT2D eigenvalue weighted by Crippen LogP contribution is 2.46. The molecule has 0 spiro atoms. The first-order chi connectivity index (χ1) is 17.0. The minimum atomic E-state index is -2.60. The summed E-state index contributed by atoms with van der Waals surface area (Å²) in [4.78, 5) is 11.9. The van der Waals surface area contributed by atoms with E-state index in [0.29, 0.717) is 13.2 Å². The third-order valence-electron chi connectivity index (χ3n) is 6.89. The van der Waals surface area contributed by atoms with Crippen molar-refractivity contribution >= 4 is 27.9 Å². The predicted molar refractivity (Wildman–Crippen MR) is 131 cm³/mol. The number of ether oxygens (including phenoxy) is 1. The Bertz CT molecular complexity index is 1450. The number of aryl methyl sites for hydroxylation is 2. The molecule has 0 saturated carbocycles. The lowest BCUT2D eigenvalue weighted by Gasteiger charge is -2.30. The number of hydrogen-bond donors (Lipinski definition) is 2. The van der Waals surface area contributed by atoms with Gasteiger partial charge in [-0.15, -0.1) is 0 Å². The summed E-state index contributed by atoms with van der Waals surface area (Å²) in [5.41, 5.74) is 5.35. The van der Waals surface area contributed by atoms with E-state index >= 15 is 0 Å². The molecule has 35 heavy (non-hydrogen) atoms. The molecule has 10 nitrogen and oxygen atoms in total. The van der Waals surface area contributed by atoms with E-state index in [-0.39, 0.29) is 12.0 Å². The number of imidazole rings is 1. The Morgan fingerprint density at radius 2 is 2.09 bits per heavy atom. The number of benzene rings is 1. The van der Waals surface area contributed by atoms with Gasteiger partial charge in [-0.2, -0.15) is 0 Å². The molecule has 5 heterocycles. The van der Waals surface area contributed by atoms with E-state index in [9.17, 15) is 8.42 Å². The molecule has 182 valence electrons.